The third kappa shape index (κ3) is 4.85. The number of aliphatic hydroxyl groups is 1. The van der Waals surface area contributed by atoms with E-state index in [0.717, 1.165) is 45.6 Å². The predicted molar refractivity (Wildman–Crippen MR) is 86.8 cm³/mol. The van der Waals surface area contributed by atoms with Crippen molar-refractivity contribution in [3.05, 3.63) is 0 Å². The Hall–Kier alpha value is -0.810. The lowest BCUT2D eigenvalue weighted by atomic mass is 9.78. The number of β-amino-alcohol motifs (C(OH)–C–C–N with tert-alkyl or cyclic N) is 1. The molecule has 0 radical (unpaired) electrons. The molecule has 0 aromatic heterocycles. The molecular formula is C17H32N2O3. The quantitative estimate of drug-likeness (QED) is 0.851. The molecule has 22 heavy (non-hydrogen) atoms. The molecule has 1 N–H and O–H groups in total. The molecule has 1 spiro atoms. The number of amides is 1. The van der Waals surface area contributed by atoms with E-state index in [2.05, 4.69) is 4.90 Å². The van der Waals surface area contributed by atoms with Crippen molar-refractivity contribution in [1.29, 1.82) is 0 Å². The van der Waals surface area contributed by atoms with Crippen LogP contribution in [0.15, 0.2) is 0 Å². The zero-order chi connectivity index (χ0) is 16.6. The highest BCUT2D eigenvalue weighted by atomic mass is 16.6. The molecule has 1 amide bonds. The zero-order valence-electron chi connectivity index (χ0n) is 14.8. The number of hydrogen-bond acceptors (Lipinski definition) is 4. The van der Waals surface area contributed by atoms with E-state index < -0.39 is 11.2 Å². The van der Waals surface area contributed by atoms with E-state index >= 15 is 0 Å². The molecule has 5 nitrogen and oxygen atoms in total. The van der Waals surface area contributed by atoms with Crippen LogP contribution in [0.2, 0.25) is 0 Å². The summed E-state index contributed by atoms with van der Waals surface area (Å²) in [6.07, 6.45) is 3.06. The molecule has 2 aliphatic rings. The van der Waals surface area contributed by atoms with Gasteiger partial charge < -0.3 is 14.7 Å². The summed E-state index contributed by atoms with van der Waals surface area (Å²) in [5.41, 5.74) is -0.740. The fourth-order valence-corrected chi connectivity index (χ4v) is 3.61. The van der Waals surface area contributed by atoms with Gasteiger partial charge in [-0.2, -0.15) is 0 Å². The van der Waals surface area contributed by atoms with Crippen LogP contribution in [0.25, 0.3) is 0 Å². The Morgan fingerprint density at radius 3 is 2.14 bits per heavy atom. The molecule has 0 bridgehead atoms. The van der Waals surface area contributed by atoms with Crippen LogP contribution in [0, 0.1) is 5.41 Å². The molecule has 2 heterocycles. The van der Waals surface area contributed by atoms with Crippen LogP contribution in [0.3, 0.4) is 0 Å². The second-order valence-electron chi connectivity index (χ2n) is 8.74. The van der Waals surface area contributed by atoms with Crippen LogP contribution in [0.4, 0.5) is 4.79 Å². The van der Waals surface area contributed by atoms with Gasteiger partial charge in [0.15, 0.2) is 0 Å². The summed E-state index contributed by atoms with van der Waals surface area (Å²) in [6, 6.07) is 0. The number of hydrogen-bond donors (Lipinski definition) is 1. The number of carbonyl (C=O) groups excluding carboxylic acids is 1. The monoisotopic (exact) mass is 312 g/mol. The van der Waals surface area contributed by atoms with Gasteiger partial charge in [0, 0.05) is 26.2 Å². The molecule has 2 aliphatic heterocycles. The summed E-state index contributed by atoms with van der Waals surface area (Å²) in [4.78, 5) is 16.3. The largest absolute Gasteiger partial charge is 0.444 e. The Kier molecular flexibility index (Phi) is 4.79. The van der Waals surface area contributed by atoms with Gasteiger partial charge in [0.1, 0.15) is 5.60 Å². The molecule has 5 heteroatoms. The van der Waals surface area contributed by atoms with Gasteiger partial charge in [-0.1, -0.05) is 0 Å². The molecule has 0 aromatic carbocycles. The van der Waals surface area contributed by atoms with Gasteiger partial charge in [-0.05, 0) is 65.8 Å². The molecule has 128 valence electrons. The summed E-state index contributed by atoms with van der Waals surface area (Å²) in [5, 5.41) is 9.98. The minimum absolute atomic E-state index is 0.186. The maximum Gasteiger partial charge on any atom is 0.410 e. The molecule has 0 aromatic rings. The van der Waals surface area contributed by atoms with Gasteiger partial charge in [-0.15, -0.1) is 0 Å². The second kappa shape index (κ2) is 6.00. The molecule has 2 rings (SSSR count). The van der Waals surface area contributed by atoms with Gasteiger partial charge in [-0.3, -0.25) is 4.90 Å². The highest BCUT2D eigenvalue weighted by Gasteiger charge is 2.42. The Morgan fingerprint density at radius 1 is 1.09 bits per heavy atom. The Morgan fingerprint density at radius 2 is 1.64 bits per heavy atom. The van der Waals surface area contributed by atoms with Crippen LogP contribution in [0.5, 0.6) is 0 Å². The minimum atomic E-state index is -0.636. The third-order valence-corrected chi connectivity index (χ3v) is 4.60. The maximum atomic E-state index is 12.1. The number of rotatable bonds is 2. The lowest BCUT2D eigenvalue weighted by Gasteiger charge is -2.40. The molecule has 0 atom stereocenters. The predicted octanol–water partition coefficient (Wildman–Crippen LogP) is 2.48. The Bertz CT molecular complexity index is 401. The van der Waals surface area contributed by atoms with E-state index in [4.69, 9.17) is 4.74 Å². The maximum absolute atomic E-state index is 12.1. The zero-order valence-corrected chi connectivity index (χ0v) is 14.8. The van der Waals surface area contributed by atoms with Crippen LogP contribution in [0.1, 0.15) is 53.9 Å². The lowest BCUT2D eigenvalue weighted by Crippen LogP contribution is -2.46. The normalized spacial score (nSPS) is 23.1. The number of likely N-dealkylation sites (tertiary alicyclic amines) is 2. The van der Waals surface area contributed by atoms with Crippen LogP contribution in [-0.4, -0.2) is 64.9 Å². The average molecular weight is 312 g/mol. The first-order valence-electron chi connectivity index (χ1n) is 8.41. The van der Waals surface area contributed by atoms with Crippen molar-refractivity contribution in [2.75, 3.05) is 32.7 Å². The first-order chi connectivity index (χ1) is 9.98. The van der Waals surface area contributed by atoms with E-state index in [9.17, 15) is 9.90 Å². The molecule has 0 unspecified atom stereocenters. The summed E-state index contributed by atoms with van der Waals surface area (Å²) >= 11 is 0. The second-order valence-corrected chi connectivity index (χ2v) is 8.74. The fourth-order valence-electron chi connectivity index (χ4n) is 3.61. The Labute approximate surface area is 134 Å². The van der Waals surface area contributed by atoms with Crippen molar-refractivity contribution < 1.29 is 14.6 Å². The number of carbonyl (C=O) groups is 1. The third-order valence-electron chi connectivity index (χ3n) is 4.60. The summed E-state index contributed by atoms with van der Waals surface area (Å²) in [6.45, 7) is 13.8. The van der Waals surface area contributed by atoms with Crippen LogP contribution in [-0.2, 0) is 4.74 Å². The average Bonchev–Trinajstić information content (AvgIpc) is 2.68. The highest BCUT2D eigenvalue weighted by Crippen LogP contribution is 2.40. The highest BCUT2D eigenvalue weighted by molar-refractivity contribution is 5.68. The molecular weight excluding hydrogens is 280 g/mol. The fraction of sp³-hybridized carbons (Fsp3) is 0.941. The lowest BCUT2D eigenvalue weighted by molar-refractivity contribution is 0.00883. The smallest absolute Gasteiger partial charge is 0.410 e. The Balaban J connectivity index is 1.84. The molecule has 2 fully saturated rings. The molecule has 0 aliphatic carbocycles. The van der Waals surface area contributed by atoms with Crippen molar-refractivity contribution in [1.82, 2.24) is 9.80 Å². The SMILES string of the molecule is CC(C)(O)CN1CCC2(CCN(C(=O)OC(C)(C)C)CC2)C1. The van der Waals surface area contributed by atoms with E-state index in [1.807, 2.05) is 39.5 Å². The van der Waals surface area contributed by atoms with Crippen molar-refractivity contribution in [3.63, 3.8) is 0 Å². The van der Waals surface area contributed by atoms with E-state index in [1.54, 1.807) is 0 Å². The van der Waals surface area contributed by atoms with Gasteiger partial charge in [0.25, 0.3) is 0 Å². The minimum Gasteiger partial charge on any atom is -0.444 e. The molecule has 0 saturated carbocycles. The topological polar surface area (TPSA) is 53.0 Å². The van der Waals surface area contributed by atoms with Crippen molar-refractivity contribution in [2.24, 2.45) is 5.41 Å². The van der Waals surface area contributed by atoms with Gasteiger partial charge >= 0.3 is 6.09 Å². The molecule has 2 saturated heterocycles. The van der Waals surface area contributed by atoms with Crippen molar-refractivity contribution in [2.45, 2.75) is 65.1 Å². The van der Waals surface area contributed by atoms with Gasteiger partial charge in [-0.25, -0.2) is 4.79 Å². The van der Waals surface area contributed by atoms with Gasteiger partial charge in [0.05, 0.1) is 5.60 Å². The van der Waals surface area contributed by atoms with Crippen LogP contribution >= 0.6 is 0 Å². The first-order valence-corrected chi connectivity index (χ1v) is 8.41. The van der Waals surface area contributed by atoms with E-state index in [0.29, 0.717) is 5.41 Å². The summed E-state index contributed by atoms with van der Waals surface area (Å²) in [7, 11) is 0. The summed E-state index contributed by atoms with van der Waals surface area (Å²) in [5.74, 6) is 0. The van der Waals surface area contributed by atoms with Crippen LogP contribution < -0.4 is 0 Å². The van der Waals surface area contributed by atoms with E-state index in [1.165, 1.54) is 6.42 Å². The number of ether oxygens (including phenoxy) is 1. The summed E-state index contributed by atoms with van der Waals surface area (Å²) < 4.78 is 5.46. The van der Waals surface area contributed by atoms with Crippen molar-refractivity contribution in [3.8, 4) is 0 Å². The standard InChI is InChI=1S/C17H32N2O3/c1-15(2,3)22-14(20)19-10-7-17(8-11-19)6-9-18(13-17)12-16(4,5)21/h21H,6-13H2,1-5H3. The first kappa shape index (κ1) is 17.5. The van der Waals surface area contributed by atoms with E-state index in [-0.39, 0.29) is 6.09 Å². The van der Waals surface area contributed by atoms with Crippen molar-refractivity contribution >= 4 is 6.09 Å². The number of piperidine rings is 1. The van der Waals surface area contributed by atoms with Gasteiger partial charge in [0.2, 0.25) is 0 Å². The number of nitrogens with zero attached hydrogens (tertiary/aromatic N) is 2.